The van der Waals surface area contributed by atoms with E-state index in [1.54, 1.807) is 13.4 Å². The summed E-state index contributed by atoms with van der Waals surface area (Å²) < 4.78 is 13.4. The van der Waals surface area contributed by atoms with Gasteiger partial charge in [0.1, 0.15) is 11.3 Å². The van der Waals surface area contributed by atoms with Gasteiger partial charge in [-0.05, 0) is 30.7 Å². The van der Waals surface area contributed by atoms with Crippen molar-refractivity contribution in [3.05, 3.63) is 35.9 Å². The van der Waals surface area contributed by atoms with Gasteiger partial charge in [0.05, 0.1) is 6.33 Å². The molecule has 3 aromatic rings. The van der Waals surface area contributed by atoms with Gasteiger partial charge in [0, 0.05) is 12.7 Å². The van der Waals surface area contributed by atoms with Crippen LogP contribution in [0.2, 0.25) is 0 Å². The molecule has 6 nitrogen and oxygen atoms in total. The number of rotatable bonds is 3. The lowest BCUT2D eigenvalue weighted by atomic mass is 10.2. The molecule has 0 amide bonds. The van der Waals surface area contributed by atoms with Crippen molar-refractivity contribution in [1.29, 1.82) is 0 Å². The van der Waals surface area contributed by atoms with Crippen molar-refractivity contribution in [3.8, 4) is 0 Å². The number of nitrogens with zero attached hydrogens (tertiary/aromatic N) is 3. The molecule has 2 aromatic heterocycles. The van der Waals surface area contributed by atoms with Gasteiger partial charge in [-0.2, -0.15) is 9.97 Å². The molecule has 0 fully saturated rings. The number of benzene rings is 1. The minimum atomic E-state index is -0.295. The van der Waals surface area contributed by atoms with Crippen molar-refractivity contribution >= 4 is 28.6 Å². The number of halogens is 1. The number of H-pyrrole nitrogens is 1. The predicted octanol–water partition coefficient (Wildman–Crippen LogP) is 2.59. The molecule has 3 N–H and O–H groups in total. The summed E-state index contributed by atoms with van der Waals surface area (Å²) in [6.45, 7) is 1.83. The smallest absolute Gasteiger partial charge is 0.226 e. The fourth-order valence-corrected chi connectivity index (χ4v) is 1.98. The number of hydrogen-bond donors (Lipinski definition) is 3. The summed E-state index contributed by atoms with van der Waals surface area (Å²) in [5, 5.41) is 5.95. The van der Waals surface area contributed by atoms with Crippen molar-refractivity contribution in [3.63, 3.8) is 0 Å². The van der Waals surface area contributed by atoms with Crippen molar-refractivity contribution in [2.45, 2.75) is 6.92 Å². The highest BCUT2D eigenvalue weighted by atomic mass is 19.1. The number of hydrogen-bond acceptors (Lipinski definition) is 5. The van der Waals surface area contributed by atoms with E-state index >= 15 is 0 Å². The number of aromatic nitrogens is 4. The van der Waals surface area contributed by atoms with Crippen molar-refractivity contribution in [1.82, 2.24) is 19.9 Å². The number of aromatic amines is 1. The average Bonchev–Trinajstić information content (AvgIpc) is 2.85. The lowest BCUT2D eigenvalue weighted by Gasteiger charge is -2.09. The van der Waals surface area contributed by atoms with Crippen LogP contribution in [0.5, 0.6) is 0 Å². The maximum atomic E-state index is 13.4. The molecule has 0 spiro atoms. The Bertz CT molecular complexity index is 746. The van der Waals surface area contributed by atoms with Crippen LogP contribution in [-0.2, 0) is 0 Å². The minimum absolute atomic E-state index is 0.295. The molecule has 102 valence electrons. The SMILES string of the molecule is CNc1nc(Nc2cc(C)cc(F)c2)c2[nH]cnc2n1. The summed E-state index contributed by atoms with van der Waals surface area (Å²) >= 11 is 0. The van der Waals surface area contributed by atoms with Crippen molar-refractivity contribution < 1.29 is 4.39 Å². The zero-order chi connectivity index (χ0) is 14.1. The van der Waals surface area contributed by atoms with E-state index in [1.807, 2.05) is 13.0 Å². The van der Waals surface area contributed by atoms with E-state index in [0.29, 0.717) is 28.6 Å². The Hall–Kier alpha value is -2.70. The van der Waals surface area contributed by atoms with Crippen LogP contribution in [0, 0.1) is 12.7 Å². The van der Waals surface area contributed by atoms with E-state index in [4.69, 9.17) is 0 Å². The van der Waals surface area contributed by atoms with Crippen LogP contribution in [0.1, 0.15) is 5.56 Å². The molecule has 0 aliphatic rings. The first-order valence-corrected chi connectivity index (χ1v) is 6.09. The Labute approximate surface area is 114 Å². The van der Waals surface area contributed by atoms with Crippen molar-refractivity contribution in [2.75, 3.05) is 17.7 Å². The molecule has 0 aliphatic carbocycles. The molecule has 7 heteroatoms. The highest BCUT2D eigenvalue weighted by molar-refractivity contribution is 5.86. The molecule has 0 bridgehead atoms. The maximum Gasteiger partial charge on any atom is 0.226 e. The highest BCUT2D eigenvalue weighted by Gasteiger charge is 2.10. The van der Waals surface area contributed by atoms with Gasteiger partial charge in [-0.1, -0.05) is 0 Å². The molecule has 0 unspecified atom stereocenters. The largest absolute Gasteiger partial charge is 0.357 e. The second-order valence-electron chi connectivity index (χ2n) is 4.39. The Kier molecular flexibility index (Phi) is 2.94. The predicted molar refractivity (Wildman–Crippen MR) is 75.7 cm³/mol. The lowest BCUT2D eigenvalue weighted by Crippen LogP contribution is -2.02. The lowest BCUT2D eigenvalue weighted by molar-refractivity contribution is 0.627. The van der Waals surface area contributed by atoms with Gasteiger partial charge in [-0.25, -0.2) is 9.37 Å². The second kappa shape index (κ2) is 4.76. The van der Waals surface area contributed by atoms with Crippen LogP contribution in [0.4, 0.5) is 21.8 Å². The number of anilines is 3. The Morgan fingerprint density at radius 1 is 1.20 bits per heavy atom. The van der Waals surface area contributed by atoms with Gasteiger partial charge in [0.2, 0.25) is 5.95 Å². The summed E-state index contributed by atoms with van der Waals surface area (Å²) in [6, 6.07) is 4.72. The second-order valence-corrected chi connectivity index (χ2v) is 4.39. The molecule has 0 saturated heterocycles. The van der Waals surface area contributed by atoms with Crippen molar-refractivity contribution in [2.24, 2.45) is 0 Å². The van der Waals surface area contributed by atoms with Crippen LogP contribution in [0.15, 0.2) is 24.5 Å². The molecule has 20 heavy (non-hydrogen) atoms. The first-order chi connectivity index (χ1) is 9.65. The average molecular weight is 272 g/mol. The quantitative estimate of drug-likeness (QED) is 0.683. The van der Waals surface area contributed by atoms with Gasteiger partial charge in [-0.3, -0.25) is 0 Å². The highest BCUT2D eigenvalue weighted by Crippen LogP contribution is 2.23. The molecular weight excluding hydrogens is 259 g/mol. The van der Waals surface area contributed by atoms with E-state index in [0.717, 1.165) is 5.56 Å². The number of imidazole rings is 1. The molecular formula is C13H13FN6. The van der Waals surface area contributed by atoms with E-state index in [2.05, 4.69) is 30.6 Å². The Morgan fingerprint density at radius 2 is 2.05 bits per heavy atom. The summed E-state index contributed by atoms with van der Waals surface area (Å²) in [5.41, 5.74) is 2.67. The minimum Gasteiger partial charge on any atom is -0.357 e. The maximum absolute atomic E-state index is 13.4. The van der Waals surface area contributed by atoms with Gasteiger partial charge >= 0.3 is 0 Å². The molecule has 3 rings (SSSR count). The van der Waals surface area contributed by atoms with E-state index in [9.17, 15) is 4.39 Å². The third-order valence-electron chi connectivity index (χ3n) is 2.81. The van der Waals surface area contributed by atoms with E-state index in [1.165, 1.54) is 12.1 Å². The summed E-state index contributed by atoms with van der Waals surface area (Å²) in [7, 11) is 1.73. The molecule has 2 heterocycles. The number of nitrogens with one attached hydrogen (secondary N) is 3. The fraction of sp³-hybridized carbons (Fsp3) is 0.154. The third-order valence-corrected chi connectivity index (χ3v) is 2.81. The zero-order valence-electron chi connectivity index (χ0n) is 11.0. The van der Waals surface area contributed by atoms with Crippen LogP contribution in [0.3, 0.4) is 0 Å². The standard InChI is InChI=1S/C13H13FN6/c1-7-3-8(14)5-9(4-7)18-12-10-11(17-6-16-10)19-13(15-2)20-12/h3-6H,1-2H3,(H3,15,16,17,18,19,20). The molecule has 1 aromatic carbocycles. The molecule has 0 atom stereocenters. The van der Waals surface area contributed by atoms with Crippen LogP contribution in [0.25, 0.3) is 11.2 Å². The first-order valence-electron chi connectivity index (χ1n) is 6.09. The van der Waals surface area contributed by atoms with Gasteiger partial charge in [0.15, 0.2) is 11.5 Å². The zero-order valence-corrected chi connectivity index (χ0v) is 11.0. The van der Waals surface area contributed by atoms with Crippen LogP contribution in [-0.4, -0.2) is 27.0 Å². The fourth-order valence-electron chi connectivity index (χ4n) is 1.98. The van der Waals surface area contributed by atoms with Crippen LogP contribution < -0.4 is 10.6 Å². The molecule has 0 saturated carbocycles. The summed E-state index contributed by atoms with van der Waals surface area (Å²) in [4.78, 5) is 15.6. The Morgan fingerprint density at radius 3 is 2.80 bits per heavy atom. The Balaban J connectivity index is 2.07. The van der Waals surface area contributed by atoms with Gasteiger partial charge < -0.3 is 15.6 Å². The van der Waals surface area contributed by atoms with E-state index < -0.39 is 0 Å². The number of aryl methyl sites for hydroxylation is 1. The van der Waals surface area contributed by atoms with Gasteiger partial charge in [0.25, 0.3) is 0 Å². The van der Waals surface area contributed by atoms with Gasteiger partial charge in [-0.15, -0.1) is 0 Å². The first kappa shape index (κ1) is 12.3. The monoisotopic (exact) mass is 272 g/mol. The van der Waals surface area contributed by atoms with Crippen LogP contribution >= 0.6 is 0 Å². The number of fused-ring (bicyclic) bond motifs is 1. The topological polar surface area (TPSA) is 78.5 Å². The normalized spacial score (nSPS) is 10.8. The molecule has 0 radical (unpaired) electrons. The van der Waals surface area contributed by atoms with E-state index in [-0.39, 0.29) is 5.82 Å². The molecule has 0 aliphatic heterocycles. The third kappa shape index (κ3) is 2.25. The summed E-state index contributed by atoms with van der Waals surface area (Å²) in [6.07, 6.45) is 1.54. The summed E-state index contributed by atoms with van der Waals surface area (Å²) in [5.74, 6) is 0.693.